The van der Waals surface area contributed by atoms with Gasteiger partial charge in [0.25, 0.3) is 11.8 Å². The zero-order valence-corrected chi connectivity index (χ0v) is 13.3. The molecule has 0 N–H and O–H groups in total. The van der Waals surface area contributed by atoms with Crippen LogP contribution < -0.4 is 4.74 Å². The molecule has 25 heavy (non-hydrogen) atoms. The lowest BCUT2D eigenvalue weighted by molar-refractivity contribution is -0.139. The van der Waals surface area contributed by atoms with Gasteiger partial charge in [0.05, 0.1) is 11.6 Å². The van der Waals surface area contributed by atoms with Crippen LogP contribution in [0.1, 0.15) is 33.9 Å². The van der Waals surface area contributed by atoms with E-state index in [-0.39, 0.29) is 11.8 Å². The fourth-order valence-electron chi connectivity index (χ4n) is 3.47. The monoisotopic (exact) mass is 333 g/mol. The Morgan fingerprint density at radius 1 is 0.960 bits per heavy atom. The number of carbonyl (C=O) groups excluding carboxylic acids is 3. The van der Waals surface area contributed by atoms with Crippen LogP contribution in [0, 0.1) is 0 Å². The number of carbonyl (C=O) groups is 3. The predicted molar refractivity (Wildman–Crippen MR) is 89.9 cm³/mol. The Hall–Kier alpha value is -3.21. The predicted octanol–water partition coefficient (Wildman–Crippen LogP) is 2.82. The maximum atomic E-state index is 12.7. The van der Waals surface area contributed by atoms with Crippen molar-refractivity contribution >= 4 is 17.8 Å². The van der Waals surface area contributed by atoms with E-state index >= 15 is 0 Å². The highest BCUT2D eigenvalue weighted by atomic mass is 16.5. The summed E-state index contributed by atoms with van der Waals surface area (Å²) in [5, 5.41) is 0. The molecule has 0 spiro atoms. The zero-order chi connectivity index (χ0) is 17.4. The first-order valence-corrected chi connectivity index (χ1v) is 8.09. The molecule has 2 aromatic carbocycles. The number of nitrogens with zero attached hydrogens (tertiary/aromatic N) is 1. The molecule has 1 aliphatic carbocycles. The van der Waals surface area contributed by atoms with E-state index in [1.807, 2.05) is 12.1 Å². The number of para-hydroxylation sites is 1. The number of rotatable bonds is 3. The van der Waals surface area contributed by atoms with E-state index < -0.39 is 12.0 Å². The van der Waals surface area contributed by atoms with Crippen LogP contribution >= 0.6 is 0 Å². The molecule has 124 valence electrons. The van der Waals surface area contributed by atoms with Crippen LogP contribution in [-0.4, -0.2) is 22.7 Å². The highest BCUT2D eigenvalue weighted by Crippen LogP contribution is 2.39. The third-order valence-electron chi connectivity index (χ3n) is 4.55. The van der Waals surface area contributed by atoms with Gasteiger partial charge in [-0.3, -0.25) is 14.5 Å². The van der Waals surface area contributed by atoms with E-state index in [4.69, 9.17) is 4.74 Å². The number of esters is 1. The second-order valence-electron chi connectivity index (χ2n) is 6.02. The average molecular weight is 333 g/mol. The van der Waals surface area contributed by atoms with E-state index in [1.165, 1.54) is 17.1 Å². The van der Waals surface area contributed by atoms with Gasteiger partial charge in [0.2, 0.25) is 0 Å². The third-order valence-corrected chi connectivity index (χ3v) is 4.55. The Balaban J connectivity index is 1.69. The number of fused-ring (bicyclic) bond motifs is 1. The zero-order valence-electron chi connectivity index (χ0n) is 13.3. The molecule has 1 atom stereocenters. The molecule has 0 aromatic heterocycles. The van der Waals surface area contributed by atoms with Gasteiger partial charge in [0, 0.05) is 12.2 Å². The number of ether oxygens (including phenoxy) is 1. The molecule has 0 radical (unpaired) electrons. The van der Waals surface area contributed by atoms with Crippen LogP contribution in [0.3, 0.4) is 0 Å². The van der Waals surface area contributed by atoms with Gasteiger partial charge >= 0.3 is 5.97 Å². The molecule has 0 fully saturated rings. The lowest BCUT2D eigenvalue weighted by Gasteiger charge is -2.24. The summed E-state index contributed by atoms with van der Waals surface area (Å²) in [6.07, 6.45) is 3.87. The van der Waals surface area contributed by atoms with Gasteiger partial charge in [-0.15, -0.1) is 0 Å². The van der Waals surface area contributed by atoms with E-state index in [9.17, 15) is 14.4 Å². The van der Waals surface area contributed by atoms with Crippen LogP contribution in [0.25, 0.3) is 0 Å². The molecule has 0 saturated heterocycles. The number of benzene rings is 2. The summed E-state index contributed by atoms with van der Waals surface area (Å²) in [5.41, 5.74) is 2.09. The van der Waals surface area contributed by atoms with Crippen molar-refractivity contribution in [2.75, 3.05) is 0 Å². The Labute approximate surface area is 144 Å². The maximum Gasteiger partial charge on any atom is 0.343 e. The molecular weight excluding hydrogens is 318 g/mol. The molecule has 5 heteroatoms. The Bertz CT molecular complexity index is 883. The van der Waals surface area contributed by atoms with Crippen molar-refractivity contribution in [3.63, 3.8) is 0 Å². The number of amides is 2. The lowest BCUT2D eigenvalue weighted by Crippen LogP contribution is -2.34. The summed E-state index contributed by atoms with van der Waals surface area (Å²) in [4.78, 5) is 38.0. The topological polar surface area (TPSA) is 63.7 Å². The third kappa shape index (κ3) is 2.63. The van der Waals surface area contributed by atoms with E-state index in [0.717, 1.165) is 5.56 Å². The smallest absolute Gasteiger partial charge is 0.343 e. The number of imide groups is 1. The first-order chi connectivity index (χ1) is 12.1. The van der Waals surface area contributed by atoms with E-state index in [1.54, 1.807) is 36.4 Å². The van der Waals surface area contributed by atoms with Gasteiger partial charge in [0.15, 0.2) is 0 Å². The number of hydrogen-bond donors (Lipinski definition) is 0. The molecule has 0 bridgehead atoms. The summed E-state index contributed by atoms with van der Waals surface area (Å²) in [5.74, 6) is -0.709. The summed E-state index contributed by atoms with van der Waals surface area (Å²) in [6.45, 7) is 0. The summed E-state index contributed by atoms with van der Waals surface area (Å²) in [7, 11) is 0. The first-order valence-electron chi connectivity index (χ1n) is 8.09. The number of aryl methyl sites for hydroxylation is 1. The largest absolute Gasteiger partial charge is 0.423 e. The van der Waals surface area contributed by atoms with Gasteiger partial charge in [-0.1, -0.05) is 30.3 Å². The highest BCUT2D eigenvalue weighted by Gasteiger charge is 2.38. The molecule has 0 unspecified atom stereocenters. The minimum Gasteiger partial charge on any atom is -0.423 e. The summed E-state index contributed by atoms with van der Waals surface area (Å²) >= 11 is 0. The van der Waals surface area contributed by atoms with Gasteiger partial charge in [-0.05, 0) is 42.2 Å². The highest BCUT2D eigenvalue weighted by molar-refractivity contribution is 6.13. The van der Waals surface area contributed by atoms with Crippen molar-refractivity contribution in [3.8, 4) is 5.75 Å². The first kappa shape index (κ1) is 15.3. The molecule has 5 nitrogen and oxygen atoms in total. The van der Waals surface area contributed by atoms with Crippen molar-refractivity contribution in [2.45, 2.75) is 18.9 Å². The SMILES string of the molecule is O=C(Oc1ccccc1)c1cccc2c1[C@@H](N1C(=O)C=CC1=O)CC2. The number of hydrogen-bond acceptors (Lipinski definition) is 4. The van der Waals surface area contributed by atoms with Crippen LogP contribution in [-0.2, 0) is 16.0 Å². The van der Waals surface area contributed by atoms with Crippen molar-refractivity contribution in [3.05, 3.63) is 77.4 Å². The van der Waals surface area contributed by atoms with Crippen molar-refractivity contribution < 1.29 is 19.1 Å². The second kappa shape index (κ2) is 6.02. The fourth-order valence-corrected chi connectivity index (χ4v) is 3.47. The van der Waals surface area contributed by atoms with Crippen molar-refractivity contribution in [2.24, 2.45) is 0 Å². The standard InChI is InChI=1S/C20H15NO4/c22-17-11-12-18(23)21(17)16-10-9-13-5-4-8-15(19(13)16)20(24)25-14-6-2-1-3-7-14/h1-8,11-12,16H,9-10H2/t16-/m0/s1. The second-order valence-corrected chi connectivity index (χ2v) is 6.02. The van der Waals surface area contributed by atoms with Gasteiger partial charge in [-0.25, -0.2) is 4.79 Å². The van der Waals surface area contributed by atoms with Gasteiger partial charge in [0.1, 0.15) is 5.75 Å². The minimum absolute atomic E-state index is 0.339. The molecular formula is C20H15NO4. The van der Waals surface area contributed by atoms with Gasteiger partial charge in [-0.2, -0.15) is 0 Å². The molecule has 1 heterocycles. The fraction of sp³-hybridized carbons (Fsp3) is 0.150. The Morgan fingerprint density at radius 2 is 1.68 bits per heavy atom. The molecule has 0 saturated carbocycles. The average Bonchev–Trinajstić information content (AvgIpc) is 3.18. The molecule has 1 aliphatic heterocycles. The summed E-state index contributed by atoms with van der Waals surface area (Å²) < 4.78 is 5.45. The van der Waals surface area contributed by atoms with Crippen molar-refractivity contribution in [1.82, 2.24) is 4.90 Å². The molecule has 2 amide bonds. The molecule has 4 rings (SSSR count). The quantitative estimate of drug-likeness (QED) is 0.492. The minimum atomic E-state index is -0.484. The lowest BCUT2D eigenvalue weighted by atomic mass is 10.00. The normalized spacial score (nSPS) is 18.6. The van der Waals surface area contributed by atoms with Crippen LogP contribution in [0.15, 0.2) is 60.7 Å². The molecule has 2 aliphatic rings. The van der Waals surface area contributed by atoms with E-state index in [2.05, 4.69) is 0 Å². The maximum absolute atomic E-state index is 12.7. The Kier molecular flexibility index (Phi) is 3.69. The Morgan fingerprint density at radius 3 is 2.40 bits per heavy atom. The van der Waals surface area contributed by atoms with E-state index in [0.29, 0.717) is 29.7 Å². The van der Waals surface area contributed by atoms with Crippen LogP contribution in [0.2, 0.25) is 0 Å². The van der Waals surface area contributed by atoms with Gasteiger partial charge < -0.3 is 4.74 Å². The van der Waals surface area contributed by atoms with Crippen LogP contribution in [0.4, 0.5) is 0 Å². The summed E-state index contributed by atoms with van der Waals surface area (Å²) in [6, 6.07) is 13.8. The van der Waals surface area contributed by atoms with Crippen molar-refractivity contribution in [1.29, 1.82) is 0 Å². The molecule has 2 aromatic rings. The van der Waals surface area contributed by atoms with Crippen LogP contribution in [0.5, 0.6) is 5.75 Å².